The standard InChI is InChI=1S/C17H23N3OS2.C4H9NO2/c1-2-20-23(21)16-10-13(18)8-9-14(16)15-11-19-17(22-15)12-6-4-3-5-7-12;1-3(2)7-4(5)6/h8-12,20H,2-7,18H2,1H3;3H,1-2H3,(H2,5,6). The average Bonchev–Trinajstić information content (AvgIpc) is 3.18. The molecule has 1 unspecified atom stereocenters. The van der Waals surface area contributed by atoms with Crippen LogP contribution < -0.4 is 16.2 Å². The molecule has 1 aromatic carbocycles. The second-order valence-electron chi connectivity index (χ2n) is 7.41. The van der Waals surface area contributed by atoms with E-state index in [1.54, 1.807) is 31.3 Å². The van der Waals surface area contributed by atoms with Crippen LogP contribution in [0.2, 0.25) is 0 Å². The van der Waals surface area contributed by atoms with Crippen molar-refractivity contribution in [3.63, 3.8) is 0 Å². The van der Waals surface area contributed by atoms with Gasteiger partial charge < -0.3 is 16.2 Å². The first-order chi connectivity index (χ1) is 14.3. The van der Waals surface area contributed by atoms with Crippen molar-refractivity contribution in [2.75, 3.05) is 12.3 Å². The highest BCUT2D eigenvalue weighted by Gasteiger charge is 2.20. The van der Waals surface area contributed by atoms with E-state index in [2.05, 4.69) is 20.2 Å². The van der Waals surface area contributed by atoms with Crippen LogP contribution in [0.5, 0.6) is 0 Å². The zero-order valence-electron chi connectivity index (χ0n) is 17.8. The van der Waals surface area contributed by atoms with Gasteiger partial charge in [-0.05, 0) is 38.8 Å². The molecule has 1 saturated carbocycles. The second kappa shape index (κ2) is 12.0. The van der Waals surface area contributed by atoms with Gasteiger partial charge in [0.2, 0.25) is 0 Å². The van der Waals surface area contributed by atoms with Crippen LogP contribution in [0, 0.1) is 0 Å². The van der Waals surface area contributed by atoms with E-state index in [0.29, 0.717) is 18.2 Å². The Balaban J connectivity index is 0.000000396. The van der Waals surface area contributed by atoms with Crippen molar-refractivity contribution in [3.05, 3.63) is 29.4 Å². The summed E-state index contributed by atoms with van der Waals surface area (Å²) >= 11 is 1.73. The number of benzene rings is 1. The number of hydrogen-bond donors (Lipinski definition) is 3. The summed E-state index contributed by atoms with van der Waals surface area (Å²) in [4.78, 5) is 16.3. The Kier molecular flexibility index (Phi) is 9.74. The summed E-state index contributed by atoms with van der Waals surface area (Å²) in [5.41, 5.74) is 12.1. The van der Waals surface area contributed by atoms with Crippen LogP contribution in [-0.2, 0) is 15.7 Å². The molecular weight excluding hydrogens is 420 g/mol. The first-order valence-electron chi connectivity index (χ1n) is 10.3. The number of primary amides is 1. The van der Waals surface area contributed by atoms with Gasteiger partial charge in [-0.1, -0.05) is 32.3 Å². The lowest BCUT2D eigenvalue weighted by molar-refractivity contribution is 0.125. The third-order valence-corrected chi connectivity index (χ3v) is 7.06. The highest BCUT2D eigenvalue weighted by molar-refractivity contribution is 7.83. The molecule has 1 aliphatic rings. The number of nitrogens with one attached hydrogen (secondary N) is 1. The van der Waals surface area contributed by atoms with E-state index in [0.717, 1.165) is 15.3 Å². The van der Waals surface area contributed by atoms with Crippen LogP contribution in [0.15, 0.2) is 29.3 Å². The average molecular weight is 453 g/mol. The highest BCUT2D eigenvalue weighted by atomic mass is 32.2. The minimum Gasteiger partial charge on any atom is -0.447 e. The van der Waals surface area contributed by atoms with Crippen molar-refractivity contribution >= 4 is 34.1 Å². The monoisotopic (exact) mass is 452 g/mol. The molecule has 1 aromatic heterocycles. The third kappa shape index (κ3) is 7.37. The van der Waals surface area contributed by atoms with Gasteiger partial charge in [-0.2, -0.15) is 0 Å². The van der Waals surface area contributed by atoms with Crippen molar-refractivity contribution in [3.8, 4) is 10.4 Å². The first-order valence-corrected chi connectivity index (χ1v) is 12.2. The molecule has 1 fully saturated rings. The summed E-state index contributed by atoms with van der Waals surface area (Å²) in [6, 6.07) is 5.62. The van der Waals surface area contributed by atoms with Crippen LogP contribution in [0.1, 0.15) is 63.8 Å². The number of carbonyl (C=O) groups excluding carboxylic acids is 1. The number of nitrogens with zero attached hydrogens (tertiary/aromatic N) is 1. The lowest BCUT2D eigenvalue weighted by Crippen LogP contribution is -2.17. The zero-order valence-corrected chi connectivity index (χ0v) is 19.5. The van der Waals surface area contributed by atoms with E-state index in [9.17, 15) is 9.00 Å². The number of nitrogen functional groups attached to an aromatic ring is 1. The van der Waals surface area contributed by atoms with E-state index in [4.69, 9.17) is 5.73 Å². The molecule has 0 saturated heterocycles. The molecule has 1 heterocycles. The molecule has 0 aliphatic heterocycles. The molecule has 7 nitrogen and oxygen atoms in total. The zero-order chi connectivity index (χ0) is 22.1. The first kappa shape index (κ1) is 24.3. The summed E-state index contributed by atoms with van der Waals surface area (Å²) in [6.07, 6.45) is 7.54. The molecule has 1 amide bonds. The molecular formula is C21H32N4O3S2. The molecule has 5 N–H and O–H groups in total. The Morgan fingerprint density at radius 1 is 1.33 bits per heavy atom. The summed E-state index contributed by atoms with van der Waals surface area (Å²) < 4.78 is 19.8. The number of anilines is 1. The van der Waals surface area contributed by atoms with Crippen molar-refractivity contribution < 1.29 is 13.7 Å². The van der Waals surface area contributed by atoms with Gasteiger partial charge in [0.15, 0.2) is 0 Å². The number of ether oxygens (including phenoxy) is 1. The van der Waals surface area contributed by atoms with Gasteiger partial charge in [0.25, 0.3) is 0 Å². The Labute approximate surface area is 185 Å². The minimum atomic E-state index is -1.25. The maximum absolute atomic E-state index is 12.4. The number of thiazole rings is 1. The lowest BCUT2D eigenvalue weighted by Gasteiger charge is -2.18. The van der Waals surface area contributed by atoms with Crippen molar-refractivity contribution in [1.29, 1.82) is 0 Å². The van der Waals surface area contributed by atoms with Crippen LogP contribution in [0.25, 0.3) is 10.4 Å². The van der Waals surface area contributed by atoms with Gasteiger partial charge in [0.1, 0.15) is 11.0 Å². The molecule has 30 heavy (non-hydrogen) atoms. The molecule has 2 aromatic rings. The Hall–Kier alpha value is -1.97. The van der Waals surface area contributed by atoms with E-state index < -0.39 is 17.1 Å². The summed E-state index contributed by atoms with van der Waals surface area (Å²) in [5, 5.41) is 1.22. The van der Waals surface area contributed by atoms with Crippen LogP contribution >= 0.6 is 11.3 Å². The van der Waals surface area contributed by atoms with E-state index in [1.165, 1.54) is 37.1 Å². The Morgan fingerprint density at radius 2 is 2.03 bits per heavy atom. The number of amides is 1. The maximum atomic E-state index is 12.4. The lowest BCUT2D eigenvalue weighted by atomic mass is 9.90. The summed E-state index contributed by atoms with van der Waals surface area (Å²) in [7, 11) is -1.25. The second-order valence-corrected chi connectivity index (χ2v) is 9.73. The predicted molar refractivity (Wildman–Crippen MR) is 124 cm³/mol. The number of aromatic nitrogens is 1. The third-order valence-electron chi connectivity index (χ3n) is 4.58. The molecule has 0 spiro atoms. The molecule has 0 radical (unpaired) electrons. The Bertz CT molecular complexity index is 849. The number of hydrogen-bond acceptors (Lipinski definition) is 6. The molecule has 166 valence electrons. The molecule has 3 rings (SSSR count). The van der Waals surface area contributed by atoms with E-state index in [-0.39, 0.29) is 6.10 Å². The number of rotatable bonds is 6. The largest absolute Gasteiger partial charge is 0.447 e. The van der Waals surface area contributed by atoms with Crippen LogP contribution in [-0.4, -0.2) is 27.9 Å². The van der Waals surface area contributed by atoms with Gasteiger partial charge in [-0.15, -0.1) is 11.3 Å². The quantitative estimate of drug-likeness (QED) is 0.555. The molecule has 9 heteroatoms. The topological polar surface area (TPSA) is 120 Å². The van der Waals surface area contributed by atoms with E-state index >= 15 is 0 Å². The highest BCUT2D eigenvalue weighted by Crippen LogP contribution is 2.39. The fourth-order valence-corrected chi connectivity index (χ4v) is 5.52. The predicted octanol–water partition coefficient (Wildman–Crippen LogP) is 4.56. The smallest absolute Gasteiger partial charge is 0.404 e. The molecule has 1 atom stereocenters. The van der Waals surface area contributed by atoms with Gasteiger partial charge in [0, 0.05) is 29.9 Å². The van der Waals surface area contributed by atoms with Crippen molar-refractivity contribution in [1.82, 2.24) is 9.71 Å². The van der Waals surface area contributed by atoms with Crippen molar-refractivity contribution in [2.45, 2.75) is 69.8 Å². The minimum absolute atomic E-state index is 0.0995. The van der Waals surface area contributed by atoms with Crippen LogP contribution in [0.4, 0.5) is 10.5 Å². The van der Waals surface area contributed by atoms with Crippen molar-refractivity contribution in [2.24, 2.45) is 5.73 Å². The van der Waals surface area contributed by atoms with E-state index in [1.807, 2.05) is 25.3 Å². The number of carbonyl (C=O) groups is 1. The molecule has 0 bridgehead atoms. The van der Waals surface area contributed by atoms with Gasteiger partial charge in [-0.25, -0.2) is 18.7 Å². The van der Waals surface area contributed by atoms with Gasteiger partial charge >= 0.3 is 6.09 Å². The van der Waals surface area contributed by atoms with Gasteiger partial charge in [-0.3, -0.25) is 0 Å². The maximum Gasteiger partial charge on any atom is 0.404 e. The van der Waals surface area contributed by atoms with Crippen LogP contribution in [0.3, 0.4) is 0 Å². The SMILES string of the molecule is CC(C)OC(N)=O.CCNS(=O)c1cc(N)ccc1-c1cnc(C2CCCCC2)s1. The fourth-order valence-electron chi connectivity index (χ4n) is 3.29. The molecule has 1 aliphatic carbocycles. The number of nitrogens with two attached hydrogens (primary N) is 2. The normalized spacial score (nSPS) is 15.3. The Morgan fingerprint density at radius 3 is 2.60 bits per heavy atom. The fraction of sp³-hybridized carbons (Fsp3) is 0.524. The summed E-state index contributed by atoms with van der Waals surface area (Å²) in [6.45, 7) is 6.07. The van der Waals surface area contributed by atoms with Gasteiger partial charge in [0.05, 0.1) is 20.9 Å². The summed E-state index contributed by atoms with van der Waals surface area (Å²) in [5.74, 6) is 0.596.